The van der Waals surface area contributed by atoms with Crippen LogP contribution in [0.1, 0.15) is 60.4 Å². The van der Waals surface area contributed by atoms with E-state index in [0.29, 0.717) is 6.42 Å². The number of nitrogens with zero attached hydrogens (tertiary/aromatic N) is 2. The third-order valence-corrected chi connectivity index (χ3v) is 7.21. The lowest BCUT2D eigenvalue weighted by molar-refractivity contribution is -0.122. The molecule has 1 amide bonds. The standard InChI is InChI=1S/C25H31N3O2/c1-30-23-14-19-8-6-7-18(19)13-20(23)15-28-16-21(22-9-3-5-12-26-22)25(17-28)11-4-2-10-24(29)27-25/h3,5,9,12-14,21H,2,4,6-8,10-11,15-17H2,1H3,(H,27,29)/t21-,25+/m0/s1. The Morgan fingerprint density at radius 2 is 2.03 bits per heavy atom. The molecule has 0 radical (unpaired) electrons. The van der Waals surface area contributed by atoms with E-state index in [0.717, 1.165) is 56.8 Å². The van der Waals surface area contributed by atoms with E-state index in [1.807, 2.05) is 12.3 Å². The van der Waals surface area contributed by atoms with Gasteiger partial charge in [0.05, 0.1) is 12.6 Å². The Hall–Kier alpha value is -2.40. The molecule has 2 fully saturated rings. The van der Waals surface area contributed by atoms with Crippen LogP contribution in [0.3, 0.4) is 0 Å². The van der Waals surface area contributed by atoms with Crippen LogP contribution < -0.4 is 10.1 Å². The molecule has 2 saturated heterocycles. The monoisotopic (exact) mass is 405 g/mol. The molecule has 158 valence electrons. The van der Waals surface area contributed by atoms with Crippen molar-refractivity contribution in [3.05, 3.63) is 58.9 Å². The summed E-state index contributed by atoms with van der Waals surface area (Å²) in [4.78, 5) is 19.7. The average Bonchev–Trinajstić information content (AvgIpc) is 3.30. The Labute approximate surface area is 178 Å². The Kier molecular flexibility index (Phi) is 5.23. The second-order valence-corrected chi connectivity index (χ2v) is 9.17. The summed E-state index contributed by atoms with van der Waals surface area (Å²) in [7, 11) is 1.77. The van der Waals surface area contributed by atoms with Crippen molar-refractivity contribution in [2.75, 3.05) is 20.2 Å². The molecule has 1 N–H and O–H groups in total. The van der Waals surface area contributed by atoms with Gasteiger partial charge in [0.15, 0.2) is 0 Å². The zero-order chi connectivity index (χ0) is 20.6. The number of hydrogen-bond donors (Lipinski definition) is 1. The number of rotatable bonds is 4. The number of aryl methyl sites for hydroxylation is 2. The highest BCUT2D eigenvalue weighted by molar-refractivity contribution is 5.77. The third kappa shape index (κ3) is 3.60. The van der Waals surface area contributed by atoms with E-state index < -0.39 is 0 Å². The van der Waals surface area contributed by atoms with Crippen molar-refractivity contribution in [3.63, 3.8) is 0 Å². The van der Waals surface area contributed by atoms with Crippen molar-refractivity contribution < 1.29 is 9.53 Å². The van der Waals surface area contributed by atoms with Crippen LogP contribution in [0.15, 0.2) is 36.5 Å². The van der Waals surface area contributed by atoms with Crippen molar-refractivity contribution in [1.29, 1.82) is 0 Å². The number of ether oxygens (including phenoxy) is 1. The molecule has 1 spiro atoms. The van der Waals surface area contributed by atoms with Crippen LogP contribution in [0.2, 0.25) is 0 Å². The minimum absolute atomic E-state index is 0.186. The number of likely N-dealkylation sites (tertiary alicyclic amines) is 1. The number of amides is 1. The van der Waals surface area contributed by atoms with Gasteiger partial charge in [0.2, 0.25) is 5.91 Å². The lowest BCUT2D eigenvalue weighted by Gasteiger charge is -2.34. The van der Waals surface area contributed by atoms with E-state index in [4.69, 9.17) is 4.74 Å². The first-order valence-corrected chi connectivity index (χ1v) is 11.3. The molecule has 5 rings (SSSR count). The predicted octanol–water partition coefficient (Wildman–Crippen LogP) is 3.61. The number of carbonyl (C=O) groups is 1. The predicted molar refractivity (Wildman–Crippen MR) is 117 cm³/mol. The van der Waals surface area contributed by atoms with Crippen molar-refractivity contribution in [2.24, 2.45) is 0 Å². The van der Waals surface area contributed by atoms with Crippen molar-refractivity contribution in [1.82, 2.24) is 15.2 Å². The first-order chi connectivity index (χ1) is 14.7. The van der Waals surface area contributed by atoms with Crippen LogP contribution in [0.4, 0.5) is 0 Å². The minimum atomic E-state index is -0.230. The summed E-state index contributed by atoms with van der Waals surface area (Å²) >= 11 is 0. The summed E-state index contributed by atoms with van der Waals surface area (Å²) in [5, 5.41) is 3.44. The van der Waals surface area contributed by atoms with E-state index >= 15 is 0 Å². The van der Waals surface area contributed by atoms with Crippen LogP contribution >= 0.6 is 0 Å². The molecule has 0 saturated carbocycles. The van der Waals surface area contributed by atoms with Crippen LogP contribution in [-0.4, -0.2) is 41.5 Å². The van der Waals surface area contributed by atoms with Gasteiger partial charge in [0, 0.05) is 49.4 Å². The SMILES string of the molecule is COc1cc2c(cc1CN1C[C@@H](c3ccccn3)[C@@]3(CCCCC(=O)N3)C1)CCC2. The van der Waals surface area contributed by atoms with Gasteiger partial charge in [0.1, 0.15) is 5.75 Å². The Balaban J connectivity index is 1.45. The number of fused-ring (bicyclic) bond motifs is 1. The van der Waals surface area contributed by atoms with Crippen LogP contribution in [0.5, 0.6) is 5.75 Å². The van der Waals surface area contributed by atoms with Crippen LogP contribution in [0.25, 0.3) is 0 Å². The number of aromatic nitrogens is 1. The number of benzene rings is 1. The summed E-state index contributed by atoms with van der Waals surface area (Å²) in [5.41, 5.74) is 5.03. The van der Waals surface area contributed by atoms with Gasteiger partial charge in [-0.25, -0.2) is 0 Å². The molecule has 1 aromatic heterocycles. The summed E-state index contributed by atoms with van der Waals surface area (Å²) < 4.78 is 5.76. The largest absolute Gasteiger partial charge is 0.496 e. The third-order valence-electron chi connectivity index (χ3n) is 7.21. The first kappa shape index (κ1) is 19.6. The maximum Gasteiger partial charge on any atom is 0.220 e. The average molecular weight is 406 g/mol. The lowest BCUT2D eigenvalue weighted by Crippen LogP contribution is -2.52. The molecule has 1 aromatic carbocycles. The van der Waals surface area contributed by atoms with Crippen molar-refractivity contribution >= 4 is 5.91 Å². The van der Waals surface area contributed by atoms with E-state index in [9.17, 15) is 4.79 Å². The Morgan fingerprint density at radius 3 is 2.83 bits per heavy atom. The smallest absolute Gasteiger partial charge is 0.220 e. The maximum atomic E-state index is 12.5. The molecule has 2 atom stereocenters. The molecule has 0 bridgehead atoms. The van der Waals surface area contributed by atoms with Crippen LogP contribution in [0, 0.1) is 0 Å². The molecule has 0 unspecified atom stereocenters. The fraction of sp³-hybridized carbons (Fsp3) is 0.520. The highest BCUT2D eigenvalue weighted by atomic mass is 16.5. The molecular formula is C25H31N3O2. The van der Waals surface area contributed by atoms with E-state index in [-0.39, 0.29) is 17.4 Å². The normalized spacial score (nSPS) is 26.4. The number of methoxy groups -OCH3 is 1. The number of carbonyl (C=O) groups excluding carboxylic acids is 1. The number of nitrogens with one attached hydrogen (secondary N) is 1. The second-order valence-electron chi connectivity index (χ2n) is 9.17. The topological polar surface area (TPSA) is 54.5 Å². The summed E-state index contributed by atoms with van der Waals surface area (Å²) in [6, 6.07) is 10.7. The first-order valence-electron chi connectivity index (χ1n) is 11.3. The maximum absolute atomic E-state index is 12.5. The molecule has 2 aliphatic heterocycles. The zero-order valence-electron chi connectivity index (χ0n) is 17.8. The number of hydrogen-bond acceptors (Lipinski definition) is 4. The molecular weight excluding hydrogens is 374 g/mol. The molecule has 2 aromatic rings. The van der Waals surface area contributed by atoms with Gasteiger partial charge in [-0.2, -0.15) is 0 Å². The minimum Gasteiger partial charge on any atom is -0.496 e. The molecule has 5 heteroatoms. The van der Waals surface area contributed by atoms with Gasteiger partial charge in [-0.15, -0.1) is 0 Å². The quantitative estimate of drug-likeness (QED) is 0.844. The molecule has 1 aliphatic carbocycles. The van der Waals surface area contributed by atoms with Crippen molar-refractivity contribution in [2.45, 2.75) is 62.9 Å². The fourth-order valence-corrected chi connectivity index (χ4v) is 5.80. The van der Waals surface area contributed by atoms with E-state index in [2.05, 4.69) is 39.5 Å². The molecule has 5 nitrogen and oxygen atoms in total. The van der Waals surface area contributed by atoms with Crippen molar-refractivity contribution in [3.8, 4) is 5.75 Å². The van der Waals surface area contributed by atoms with Gasteiger partial charge in [-0.05, 0) is 61.4 Å². The van der Waals surface area contributed by atoms with Gasteiger partial charge in [-0.1, -0.05) is 18.6 Å². The zero-order valence-corrected chi connectivity index (χ0v) is 17.8. The number of pyridine rings is 1. The van der Waals surface area contributed by atoms with Gasteiger partial charge >= 0.3 is 0 Å². The Morgan fingerprint density at radius 1 is 1.17 bits per heavy atom. The summed E-state index contributed by atoms with van der Waals surface area (Å²) in [6.45, 7) is 2.61. The second kappa shape index (κ2) is 8.03. The molecule has 3 aliphatic rings. The molecule has 30 heavy (non-hydrogen) atoms. The van der Waals surface area contributed by atoms with Gasteiger partial charge in [0.25, 0.3) is 0 Å². The van der Waals surface area contributed by atoms with Gasteiger partial charge < -0.3 is 10.1 Å². The van der Waals surface area contributed by atoms with E-state index in [1.54, 1.807) is 7.11 Å². The molecule has 3 heterocycles. The highest BCUT2D eigenvalue weighted by Crippen LogP contribution is 2.41. The van der Waals surface area contributed by atoms with E-state index in [1.165, 1.54) is 29.5 Å². The summed E-state index contributed by atoms with van der Waals surface area (Å²) in [6.07, 6.45) is 9.14. The Bertz CT molecular complexity index is 929. The highest BCUT2D eigenvalue weighted by Gasteiger charge is 2.49. The lowest BCUT2D eigenvalue weighted by atomic mass is 9.81. The summed E-state index contributed by atoms with van der Waals surface area (Å²) in [5.74, 6) is 1.39. The van der Waals surface area contributed by atoms with Gasteiger partial charge in [-0.3, -0.25) is 14.7 Å². The fourth-order valence-electron chi connectivity index (χ4n) is 5.80. The van der Waals surface area contributed by atoms with Crippen LogP contribution in [-0.2, 0) is 24.2 Å².